The Morgan fingerprint density at radius 3 is 2.05 bits per heavy atom. The molecule has 0 atom stereocenters. The minimum atomic E-state index is -4.29. The number of benzene rings is 2. The van der Waals surface area contributed by atoms with Crippen molar-refractivity contribution in [1.82, 2.24) is 0 Å². The molecule has 0 radical (unpaired) electrons. The van der Waals surface area contributed by atoms with Crippen LogP contribution in [0, 0.1) is 6.92 Å². The summed E-state index contributed by atoms with van der Waals surface area (Å²) in [7, 11) is 0. The van der Waals surface area contributed by atoms with Gasteiger partial charge in [-0.3, -0.25) is 0 Å². The molecule has 0 fully saturated rings. The Labute approximate surface area is 130 Å². The summed E-state index contributed by atoms with van der Waals surface area (Å²) in [5, 5.41) is 2.00. The van der Waals surface area contributed by atoms with E-state index in [4.69, 9.17) is 0 Å². The molecule has 0 saturated carbocycles. The molecule has 0 aliphatic carbocycles. The fourth-order valence-corrected chi connectivity index (χ4v) is 3.52. The number of halogens is 3. The van der Waals surface area contributed by atoms with Crippen LogP contribution in [0.15, 0.2) is 60.0 Å². The van der Waals surface area contributed by atoms with Gasteiger partial charge in [-0.2, -0.15) is 13.2 Å². The molecule has 0 unspecified atom stereocenters. The molecule has 112 valence electrons. The maximum atomic E-state index is 12.6. The molecule has 0 nitrogen and oxygen atoms in total. The topological polar surface area (TPSA) is 0 Å². The molecule has 3 aromatic rings. The van der Waals surface area contributed by atoms with Gasteiger partial charge in [0.1, 0.15) is 0 Å². The van der Waals surface area contributed by atoms with E-state index in [1.165, 1.54) is 12.1 Å². The molecule has 0 amide bonds. The van der Waals surface area contributed by atoms with Crippen LogP contribution in [0.5, 0.6) is 0 Å². The first-order chi connectivity index (χ1) is 10.5. The van der Waals surface area contributed by atoms with Gasteiger partial charge in [0, 0.05) is 4.88 Å². The van der Waals surface area contributed by atoms with E-state index in [0.717, 1.165) is 39.3 Å². The summed E-state index contributed by atoms with van der Waals surface area (Å²) in [4.78, 5) is 1.15. The van der Waals surface area contributed by atoms with Gasteiger partial charge in [0.05, 0.1) is 5.56 Å². The van der Waals surface area contributed by atoms with Gasteiger partial charge < -0.3 is 0 Å². The third-order valence-electron chi connectivity index (χ3n) is 3.60. The lowest BCUT2D eigenvalue weighted by Gasteiger charge is -2.08. The van der Waals surface area contributed by atoms with Crippen molar-refractivity contribution >= 4 is 11.3 Å². The lowest BCUT2D eigenvalue weighted by molar-refractivity contribution is -0.137. The summed E-state index contributed by atoms with van der Waals surface area (Å²) in [6.07, 6.45) is -4.29. The lowest BCUT2D eigenvalue weighted by Crippen LogP contribution is -2.03. The fourth-order valence-electron chi connectivity index (χ4n) is 2.41. The fraction of sp³-hybridized carbons (Fsp3) is 0.111. The van der Waals surface area contributed by atoms with Crippen molar-refractivity contribution in [2.45, 2.75) is 13.1 Å². The van der Waals surface area contributed by atoms with Gasteiger partial charge >= 0.3 is 6.18 Å². The molecule has 3 rings (SSSR count). The largest absolute Gasteiger partial charge is 0.416 e. The minimum Gasteiger partial charge on any atom is -0.166 e. The van der Waals surface area contributed by atoms with Crippen molar-refractivity contribution in [3.8, 4) is 21.6 Å². The highest BCUT2D eigenvalue weighted by Crippen LogP contribution is 2.38. The van der Waals surface area contributed by atoms with E-state index >= 15 is 0 Å². The molecule has 0 N–H and O–H groups in total. The molecular weight excluding hydrogens is 305 g/mol. The molecule has 1 heterocycles. The normalized spacial score (nSPS) is 11.6. The van der Waals surface area contributed by atoms with E-state index in [2.05, 4.69) is 0 Å². The van der Waals surface area contributed by atoms with Crippen molar-refractivity contribution in [2.24, 2.45) is 0 Å². The highest BCUT2D eigenvalue weighted by molar-refractivity contribution is 7.14. The molecule has 0 spiro atoms. The predicted octanol–water partition coefficient (Wildman–Crippen LogP) is 6.41. The van der Waals surface area contributed by atoms with E-state index in [0.29, 0.717) is 0 Å². The molecular formula is C18H13F3S. The molecule has 0 aliphatic rings. The van der Waals surface area contributed by atoms with Crippen LogP contribution in [-0.4, -0.2) is 0 Å². The van der Waals surface area contributed by atoms with Gasteiger partial charge in [-0.25, -0.2) is 0 Å². The molecule has 0 aliphatic heterocycles. The van der Waals surface area contributed by atoms with Crippen LogP contribution >= 0.6 is 11.3 Å². The predicted molar refractivity (Wildman–Crippen MR) is 84.9 cm³/mol. The molecule has 0 saturated heterocycles. The summed E-state index contributed by atoms with van der Waals surface area (Å²) in [6.45, 7) is 2.01. The van der Waals surface area contributed by atoms with E-state index in [9.17, 15) is 13.2 Å². The molecule has 22 heavy (non-hydrogen) atoms. The summed E-state index contributed by atoms with van der Waals surface area (Å²) < 4.78 is 37.9. The second-order valence-corrected chi connectivity index (χ2v) is 5.92. The van der Waals surface area contributed by atoms with Crippen molar-refractivity contribution in [1.29, 1.82) is 0 Å². The Balaban J connectivity index is 1.98. The summed E-state index contributed by atoms with van der Waals surface area (Å²) >= 11 is 1.61. The van der Waals surface area contributed by atoms with Crippen molar-refractivity contribution in [2.75, 3.05) is 0 Å². The number of alkyl halides is 3. The lowest BCUT2D eigenvalue weighted by atomic mass is 10.0. The highest BCUT2D eigenvalue weighted by Gasteiger charge is 2.30. The highest BCUT2D eigenvalue weighted by atomic mass is 32.1. The van der Waals surface area contributed by atoms with Crippen molar-refractivity contribution in [3.05, 3.63) is 71.1 Å². The van der Waals surface area contributed by atoms with Gasteiger partial charge in [-0.05, 0) is 46.7 Å². The summed E-state index contributed by atoms with van der Waals surface area (Å²) in [5.74, 6) is 0. The standard InChI is InChI=1S/C18H13F3S/c1-12-16(11-22-17(12)14-5-3-2-4-6-14)13-7-9-15(10-8-13)18(19,20)21/h2-11H,1H3. The van der Waals surface area contributed by atoms with Crippen molar-refractivity contribution in [3.63, 3.8) is 0 Å². The Morgan fingerprint density at radius 2 is 1.45 bits per heavy atom. The monoisotopic (exact) mass is 318 g/mol. The summed E-state index contributed by atoms with van der Waals surface area (Å²) in [5.41, 5.74) is 3.40. The number of hydrogen-bond acceptors (Lipinski definition) is 1. The van der Waals surface area contributed by atoms with Crippen LogP contribution in [-0.2, 0) is 6.18 Å². The SMILES string of the molecule is Cc1c(-c2ccc(C(F)(F)F)cc2)csc1-c1ccccc1. The second-order valence-electron chi connectivity index (χ2n) is 5.04. The quantitative estimate of drug-likeness (QED) is 0.512. The van der Waals surface area contributed by atoms with Crippen LogP contribution in [0.25, 0.3) is 21.6 Å². The van der Waals surface area contributed by atoms with E-state index in [-0.39, 0.29) is 0 Å². The molecule has 1 aromatic heterocycles. The number of rotatable bonds is 2. The van der Waals surface area contributed by atoms with Crippen LogP contribution in [0.1, 0.15) is 11.1 Å². The van der Waals surface area contributed by atoms with Gasteiger partial charge in [-0.15, -0.1) is 11.3 Å². The molecule has 0 bridgehead atoms. The smallest absolute Gasteiger partial charge is 0.166 e. The minimum absolute atomic E-state index is 0.618. The Bertz CT molecular complexity index is 768. The Morgan fingerprint density at radius 1 is 0.818 bits per heavy atom. The van der Waals surface area contributed by atoms with Gasteiger partial charge in [0.2, 0.25) is 0 Å². The van der Waals surface area contributed by atoms with Gasteiger partial charge in [0.25, 0.3) is 0 Å². The maximum Gasteiger partial charge on any atom is 0.416 e. The molecule has 2 aromatic carbocycles. The molecule has 4 heteroatoms. The average molecular weight is 318 g/mol. The van der Waals surface area contributed by atoms with Crippen molar-refractivity contribution < 1.29 is 13.2 Å². The number of thiophene rings is 1. The summed E-state index contributed by atoms with van der Waals surface area (Å²) in [6, 6.07) is 15.3. The van der Waals surface area contributed by atoms with Crippen LogP contribution in [0.4, 0.5) is 13.2 Å². The third-order valence-corrected chi connectivity index (χ3v) is 4.73. The zero-order chi connectivity index (χ0) is 15.7. The third kappa shape index (κ3) is 2.79. The Hall–Kier alpha value is -2.07. The maximum absolute atomic E-state index is 12.6. The zero-order valence-electron chi connectivity index (χ0n) is 11.8. The van der Waals surface area contributed by atoms with Crippen LogP contribution in [0.2, 0.25) is 0 Å². The first-order valence-electron chi connectivity index (χ1n) is 6.78. The van der Waals surface area contributed by atoms with Gasteiger partial charge in [-0.1, -0.05) is 42.5 Å². The Kier molecular flexibility index (Phi) is 3.79. The van der Waals surface area contributed by atoms with Crippen LogP contribution in [0.3, 0.4) is 0 Å². The van der Waals surface area contributed by atoms with Gasteiger partial charge in [0.15, 0.2) is 0 Å². The second kappa shape index (κ2) is 5.61. The number of hydrogen-bond donors (Lipinski definition) is 0. The average Bonchev–Trinajstić information content (AvgIpc) is 2.89. The first-order valence-corrected chi connectivity index (χ1v) is 7.66. The van der Waals surface area contributed by atoms with E-state index < -0.39 is 11.7 Å². The van der Waals surface area contributed by atoms with Crippen LogP contribution < -0.4 is 0 Å². The van der Waals surface area contributed by atoms with E-state index in [1.54, 1.807) is 11.3 Å². The first kappa shape index (κ1) is 14.9. The van der Waals surface area contributed by atoms with E-state index in [1.807, 2.05) is 42.6 Å². The zero-order valence-corrected chi connectivity index (χ0v) is 12.6.